The van der Waals surface area contributed by atoms with Crippen LogP contribution >= 0.6 is 0 Å². The SMILES string of the molecule is CC1CNCCC1Nc1ccc(C(=O)Nc2n[nH]c3c2CN(S(=O)(=O)c2cc(F)cc(F)c2)CC3)c(NC2CCOCC2)c1. The molecule has 0 bridgehead atoms. The highest BCUT2D eigenvalue weighted by Gasteiger charge is 2.32. The molecule has 2 atom stereocenters. The minimum absolute atomic E-state index is 0.0896. The number of aromatic nitrogens is 2. The summed E-state index contributed by atoms with van der Waals surface area (Å²) in [7, 11) is -4.20. The van der Waals surface area contributed by atoms with Crippen LogP contribution in [0, 0.1) is 17.6 Å². The zero-order chi connectivity index (χ0) is 30.8. The van der Waals surface area contributed by atoms with Crippen LogP contribution in [0.4, 0.5) is 26.0 Å². The van der Waals surface area contributed by atoms with Gasteiger partial charge in [0.2, 0.25) is 10.0 Å². The van der Waals surface area contributed by atoms with Crippen LogP contribution in [0.2, 0.25) is 0 Å². The monoisotopic (exact) mass is 629 g/mol. The standard InChI is InChI=1S/C30H37F2N7O4S/c1-18-16-33-8-4-26(18)35-22-2-3-24(28(15-22)34-21-6-10-43-11-7-21)30(40)36-29-25-17-39(9-5-27(25)37-38-29)44(41,42)23-13-19(31)12-20(32)14-23/h2-3,12-15,18,21,26,33-35H,4-11,16-17H2,1H3,(H2,36,37,38,40). The average Bonchev–Trinajstić information content (AvgIpc) is 3.40. The van der Waals surface area contributed by atoms with Crippen molar-refractivity contribution >= 4 is 33.1 Å². The molecule has 2 saturated heterocycles. The van der Waals surface area contributed by atoms with Gasteiger partial charge in [-0.05, 0) is 68.6 Å². The molecular formula is C30H37F2N7O4S. The van der Waals surface area contributed by atoms with Crippen molar-refractivity contribution in [1.82, 2.24) is 19.8 Å². The molecule has 0 spiro atoms. The number of fused-ring (bicyclic) bond motifs is 1. The molecule has 6 rings (SSSR count). The summed E-state index contributed by atoms with van der Waals surface area (Å²) in [6, 6.07) is 8.31. The van der Waals surface area contributed by atoms with E-state index in [-0.39, 0.29) is 24.9 Å². The molecule has 2 aromatic carbocycles. The molecule has 3 aliphatic rings. The quantitative estimate of drug-likeness (QED) is 0.254. The first-order chi connectivity index (χ1) is 21.2. The average molecular weight is 630 g/mol. The number of carbonyl (C=O) groups is 1. The van der Waals surface area contributed by atoms with Gasteiger partial charge in [0.15, 0.2) is 5.82 Å². The van der Waals surface area contributed by atoms with Crippen LogP contribution in [0.1, 0.15) is 47.8 Å². The largest absolute Gasteiger partial charge is 0.382 e. The Kier molecular flexibility index (Phi) is 8.85. The summed E-state index contributed by atoms with van der Waals surface area (Å²) in [6.07, 6.45) is 2.92. The summed E-state index contributed by atoms with van der Waals surface area (Å²) in [4.78, 5) is 13.2. The van der Waals surface area contributed by atoms with Crippen LogP contribution in [-0.2, 0) is 27.7 Å². The number of amides is 1. The Morgan fingerprint density at radius 3 is 2.59 bits per heavy atom. The van der Waals surface area contributed by atoms with Crippen molar-refractivity contribution in [2.24, 2.45) is 5.92 Å². The second kappa shape index (κ2) is 12.8. The van der Waals surface area contributed by atoms with Crippen molar-refractivity contribution in [3.63, 3.8) is 0 Å². The number of nitrogens with one attached hydrogen (secondary N) is 5. The van der Waals surface area contributed by atoms with Gasteiger partial charge in [-0.15, -0.1) is 0 Å². The number of carbonyl (C=O) groups excluding carboxylic acids is 1. The minimum atomic E-state index is -4.20. The number of halogens is 2. The highest BCUT2D eigenvalue weighted by molar-refractivity contribution is 7.89. The number of H-pyrrole nitrogens is 1. The van der Waals surface area contributed by atoms with E-state index >= 15 is 0 Å². The molecule has 3 aliphatic heterocycles. The Labute approximate surface area is 255 Å². The number of sulfonamides is 1. The van der Waals surface area contributed by atoms with E-state index in [2.05, 4.69) is 38.4 Å². The molecule has 14 heteroatoms. The van der Waals surface area contributed by atoms with Gasteiger partial charge in [0, 0.05) is 73.5 Å². The van der Waals surface area contributed by atoms with Crippen molar-refractivity contribution < 1.29 is 26.7 Å². The summed E-state index contributed by atoms with van der Waals surface area (Å²) in [5.41, 5.74) is 3.22. The molecule has 11 nitrogen and oxygen atoms in total. The van der Waals surface area contributed by atoms with Crippen molar-refractivity contribution in [3.8, 4) is 0 Å². The minimum Gasteiger partial charge on any atom is -0.382 e. The first-order valence-corrected chi connectivity index (χ1v) is 16.4. The Balaban J connectivity index is 1.23. The molecule has 5 N–H and O–H groups in total. The van der Waals surface area contributed by atoms with Crippen LogP contribution in [0.15, 0.2) is 41.3 Å². The molecule has 1 aromatic heterocycles. The fourth-order valence-electron chi connectivity index (χ4n) is 6.04. The predicted octanol–water partition coefficient (Wildman–Crippen LogP) is 3.69. The highest BCUT2D eigenvalue weighted by Crippen LogP contribution is 2.31. The van der Waals surface area contributed by atoms with E-state index in [1.54, 1.807) is 6.07 Å². The Morgan fingerprint density at radius 1 is 1.07 bits per heavy atom. The van der Waals surface area contributed by atoms with Crippen molar-refractivity contribution in [1.29, 1.82) is 0 Å². The Hall–Kier alpha value is -3.59. The third kappa shape index (κ3) is 6.58. The van der Waals surface area contributed by atoms with Gasteiger partial charge in [-0.1, -0.05) is 6.92 Å². The number of piperidine rings is 1. The number of benzene rings is 2. The lowest BCUT2D eigenvalue weighted by Crippen LogP contribution is -2.42. The number of rotatable bonds is 8. The number of nitrogens with zero attached hydrogens (tertiary/aromatic N) is 2. The molecule has 2 fully saturated rings. The fraction of sp³-hybridized carbons (Fsp3) is 0.467. The van der Waals surface area contributed by atoms with E-state index in [4.69, 9.17) is 4.74 Å². The van der Waals surface area contributed by atoms with Crippen LogP contribution in [0.5, 0.6) is 0 Å². The van der Waals surface area contributed by atoms with E-state index in [9.17, 15) is 22.0 Å². The molecule has 236 valence electrons. The van der Waals surface area contributed by atoms with Gasteiger partial charge in [-0.2, -0.15) is 9.40 Å². The maximum Gasteiger partial charge on any atom is 0.258 e. The topological polar surface area (TPSA) is 140 Å². The summed E-state index contributed by atoms with van der Waals surface area (Å²) in [6.45, 7) is 5.35. The van der Waals surface area contributed by atoms with Crippen LogP contribution in [-0.4, -0.2) is 73.8 Å². The second-order valence-electron chi connectivity index (χ2n) is 11.7. The van der Waals surface area contributed by atoms with Crippen LogP contribution in [0.3, 0.4) is 0 Å². The molecule has 4 heterocycles. The molecule has 0 radical (unpaired) electrons. The van der Waals surface area contributed by atoms with E-state index in [0.29, 0.717) is 60.2 Å². The van der Waals surface area contributed by atoms with Crippen molar-refractivity contribution in [2.75, 3.05) is 48.8 Å². The predicted molar refractivity (Wildman–Crippen MR) is 162 cm³/mol. The van der Waals surface area contributed by atoms with E-state index < -0.39 is 32.5 Å². The van der Waals surface area contributed by atoms with Gasteiger partial charge in [-0.25, -0.2) is 17.2 Å². The number of ether oxygens (including phenoxy) is 1. The lowest BCUT2D eigenvalue weighted by molar-refractivity contribution is 0.0904. The maximum atomic E-state index is 13.8. The summed E-state index contributed by atoms with van der Waals surface area (Å²) >= 11 is 0. The van der Waals surface area contributed by atoms with Crippen LogP contribution < -0.4 is 21.3 Å². The first kappa shape index (κ1) is 30.4. The molecule has 3 aromatic rings. The van der Waals surface area contributed by atoms with Gasteiger partial charge < -0.3 is 26.0 Å². The maximum absolute atomic E-state index is 13.8. The third-order valence-electron chi connectivity index (χ3n) is 8.59. The Bertz CT molecular complexity index is 1610. The summed E-state index contributed by atoms with van der Waals surface area (Å²) < 4.78 is 60.8. The number of hydrogen-bond acceptors (Lipinski definition) is 8. The zero-order valence-electron chi connectivity index (χ0n) is 24.5. The van der Waals surface area contributed by atoms with E-state index in [0.717, 1.165) is 54.5 Å². The number of hydrogen-bond donors (Lipinski definition) is 5. The Morgan fingerprint density at radius 2 is 1.84 bits per heavy atom. The van der Waals surface area contributed by atoms with Crippen molar-refractivity contribution in [3.05, 3.63) is 64.9 Å². The lowest BCUT2D eigenvalue weighted by atomic mass is 9.95. The van der Waals surface area contributed by atoms with Gasteiger partial charge in [-0.3, -0.25) is 9.89 Å². The molecule has 1 amide bonds. The van der Waals surface area contributed by atoms with E-state index in [1.807, 2.05) is 12.1 Å². The molecule has 0 aliphatic carbocycles. The highest BCUT2D eigenvalue weighted by atomic mass is 32.2. The van der Waals surface area contributed by atoms with Crippen LogP contribution in [0.25, 0.3) is 0 Å². The lowest BCUT2D eigenvalue weighted by Gasteiger charge is -2.31. The first-order valence-electron chi connectivity index (χ1n) is 15.0. The second-order valence-corrected chi connectivity index (χ2v) is 13.6. The smallest absolute Gasteiger partial charge is 0.258 e. The van der Waals surface area contributed by atoms with E-state index in [1.165, 1.54) is 0 Å². The van der Waals surface area contributed by atoms with Gasteiger partial charge in [0.25, 0.3) is 5.91 Å². The van der Waals surface area contributed by atoms with Gasteiger partial charge in [0.05, 0.1) is 10.5 Å². The molecule has 44 heavy (non-hydrogen) atoms. The number of aromatic amines is 1. The van der Waals surface area contributed by atoms with Crippen molar-refractivity contribution in [2.45, 2.75) is 56.1 Å². The summed E-state index contributed by atoms with van der Waals surface area (Å²) in [5, 5.41) is 20.6. The van der Waals surface area contributed by atoms with Gasteiger partial charge in [0.1, 0.15) is 11.6 Å². The molecule has 0 saturated carbocycles. The molecular weight excluding hydrogens is 592 g/mol. The van der Waals surface area contributed by atoms with Gasteiger partial charge >= 0.3 is 0 Å². The summed E-state index contributed by atoms with van der Waals surface area (Å²) in [5.74, 6) is -1.70. The fourth-order valence-corrected chi connectivity index (χ4v) is 7.49. The normalized spacial score (nSPS) is 21.4. The molecule has 2 unspecified atom stereocenters. The number of anilines is 3. The third-order valence-corrected chi connectivity index (χ3v) is 10.4. The zero-order valence-corrected chi connectivity index (χ0v) is 25.3.